The highest BCUT2D eigenvalue weighted by atomic mass is 16.5. The van der Waals surface area contributed by atoms with Gasteiger partial charge in [0.25, 0.3) is 0 Å². The third-order valence-corrected chi connectivity index (χ3v) is 5.87. The molecule has 3 heterocycles. The van der Waals surface area contributed by atoms with E-state index in [9.17, 15) is 20.1 Å². The van der Waals surface area contributed by atoms with E-state index in [1.165, 1.54) is 12.1 Å². The first kappa shape index (κ1) is 18.7. The zero-order valence-corrected chi connectivity index (χ0v) is 15.5. The largest absolute Gasteiger partial charge is 0.546 e. The van der Waals surface area contributed by atoms with Gasteiger partial charge in [-0.3, -0.25) is 4.90 Å². The van der Waals surface area contributed by atoms with Gasteiger partial charge >= 0.3 is 0 Å². The Morgan fingerprint density at radius 3 is 2.18 bits per heavy atom. The number of carbonyl (C=O) groups is 1. The van der Waals surface area contributed by atoms with Crippen LogP contribution in [0.1, 0.15) is 30.4 Å². The molecule has 1 fully saturated rings. The van der Waals surface area contributed by atoms with Crippen LogP contribution in [0.5, 0.6) is 11.5 Å². The average molecular weight is 380 g/mol. The Morgan fingerprint density at radius 2 is 1.68 bits per heavy atom. The van der Waals surface area contributed by atoms with Crippen LogP contribution in [0.15, 0.2) is 60.7 Å². The molecule has 0 unspecified atom stereocenters. The molecule has 2 N–H and O–H groups in total. The summed E-state index contributed by atoms with van der Waals surface area (Å²) >= 11 is 0. The molecule has 2 atom stereocenters. The standard InChI is InChI=1S/C14H10O4.C8H13NO/c15-13(16)14(17)9-5-1-3-7-11(9)18-12-8-4-2-6-10(12)14;1-9-7-3-2-5-8(9,10)6-4-7/h1-8,17H,(H,15,16);2,5,7,10H,3-4,6H2,1H3/p-1/t;7-,8-/m.1/s1. The van der Waals surface area contributed by atoms with Crippen molar-refractivity contribution >= 4 is 5.97 Å². The number of hydrogen-bond donors (Lipinski definition) is 2. The van der Waals surface area contributed by atoms with Crippen molar-refractivity contribution in [3.05, 3.63) is 71.8 Å². The fourth-order valence-electron chi connectivity index (χ4n) is 4.15. The molecule has 0 aliphatic carbocycles. The van der Waals surface area contributed by atoms with Crippen molar-refractivity contribution in [1.82, 2.24) is 4.90 Å². The third-order valence-electron chi connectivity index (χ3n) is 5.87. The van der Waals surface area contributed by atoms with Gasteiger partial charge in [0.1, 0.15) is 17.2 Å². The van der Waals surface area contributed by atoms with E-state index in [1.807, 2.05) is 13.1 Å². The molecule has 6 nitrogen and oxygen atoms in total. The van der Waals surface area contributed by atoms with Crippen molar-refractivity contribution in [2.45, 2.75) is 36.6 Å². The molecular weight excluding hydrogens is 358 g/mol. The Labute approximate surface area is 163 Å². The Morgan fingerprint density at radius 1 is 1.11 bits per heavy atom. The zero-order valence-electron chi connectivity index (χ0n) is 15.5. The average Bonchev–Trinajstić information content (AvgIpc) is 2.85. The minimum Gasteiger partial charge on any atom is -0.546 e. The number of hydrogen-bond acceptors (Lipinski definition) is 6. The van der Waals surface area contributed by atoms with Crippen LogP contribution in [-0.4, -0.2) is 39.9 Å². The van der Waals surface area contributed by atoms with E-state index in [4.69, 9.17) is 4.74 Å². The van der Waals surface area contributed by atoms with Gasteiger partial charge in [0.2, 0.25) is 0 Å². The smallest absolute Gasteiger partial charge is 0.161 e. The second-order valence-corrected chi connectivity index (χ2v) is 7.41. The maximum atomic E-state index is 11.4. The lowest BCUT2D eigenvalue weighted by Gasteiger charge is -2.36. The number of para-hydroxylation sites is 2. The summed E-state index contributed by atoms with van der Waals surface area (Å²) in [6.45, 7) is 0. The van der Waals surface area contributed by atoms with E-state index in [1.54, 1.807) is 36.4 Å². The monoisotopic (exact) mass is 380 g/mol. The molecule has 0 aromatic heterocycles. The maximum absolute atomic E-state index is 11.4. The predicted octanol–water partition coefficient (Wildman–Crippen LogP) is 1.51. The van der Waals surface area contributed by atoms with Crippen molar-refractivity contribution in [2.24, 2.45) is 0 Å². The van der Waals surface area contributed by atoms with Crippen LogP contribution in [-0.2, 0) is 10.4 Å². The van der Waals surface area contributed by atoms with Gasteiger partial charge in [-0.1, -0.05) is 42.5 Å². The molecule has 2 aromatic carbocycles. The topological polar surface area (TPSA) is 93.1 Å². The Balaban J connectivity index is 0.000000162. The molecule has 2 aromatic rings. The summed E-state index contributed by atoms with van der Waals surface area (Å²) in [5.74, 6) is -0.920. The van der Waals surface area contributed by atoms with Crippen molar-refractivity contribution in [3.8, 4) is 11.5 Å². The van der Waals surface area contributed by atoms with E-state index >= 15 is 0 Å². The fraction of sp³-hybridized carbons (Fsp3) is 0.318. The fourth-order valence-corrected chi connectivity index (χ4v) is 4.15. The zero-order chi connectivity index (χ0) is 19.9. The molecule has 0 saturated carbocycles. The molecule has 3 aliphatic heterocycles. The molecule has 0 amide bonds. The lowest BCUT2D eigenvalue weighted by Crippen LogP contribution is -2.48. The van der Waals surface area contributed by atoms with Gasteiger partial charge < -0.3 is 24.9 Å². The number of ether oxygens (including phenoxy) is 1. The second-order valence-electron chi connectivity index (χ2n) is 7.41. The molecule has 5 rings (SSSR count). The van der Waals surface area contributed by atoms with Crippen LogP contribution in [0.3, 0.4) is 0 Å². The molecule has 3 aliphatic rings. The van der Waals surface area contributed by atoms with Gasteiger partial charge in [-0.2, -0.15) is 0 Å². The van der Waals surface area contributed by atoms with Crippen molar-refractivity contribution in [2.75, 3.05) is 7.05 Å². The Hall–Kier alpha value is -2.67. The van der Waals surface area contributed by atoms with Crippen LogP contribution in [0, 0.1) is 0 Å². The number of likely N-dealkylation sites (N-methyl/N-ethyl adjacent to an activating group) is 1. The third kappa shape index (κ3) is 2.81. The minimum atomic E-state index is -2.18. The van der Waals surface area contributed by atoms with E-state index in [-0.39, 0.29) is 11.1 Å². The Kier molecular flexibility index (Phi) is 4.50. The summed E-state index contributed by atoms with van der Waals surface area (Å²) < 4.78 is 5.57. The van der Waals surface area contributed by atoms with E-state index in [2.05, 4.69) is 11.0 Å². The molecule has 6 heteroatoms. The van der Waals surface area contributed by atoms with Crippen LogP contribution < -0.4 is 9.84 Å². The van der Waals surface area contributed by atoms with Gasteiger partial charge in [-0.15, -0.1) is 0 Å². The summed E-state index contributed by atoms with van der Waals surface area (Å²) in [5.41, 5.74) is -2.40. The molecule has 0 radical (unpaired) electrons. The van der Waals surface area contributed by atoms with Crippen LogP contribution in [0.25, 0.3) is 0 Å². The molecule has 1 saturated heterocycles. The molecule has 0 spiro atoms. The quantitative estimate of drug-likeness (QED) is 0.729. The first-order valence-corrected chi connectivity index (χ1v) is 9.30. The van der Waals surface area contributed by atoms with Crippen molar-refractivity contribution in [3.63, 3.8) is 0 Å². The van der Waals surface area contributed by atoms with E-state index < -0.39 is 17.3 Å². The highest BCUT2D eigenvalue weighted by molar-refractivity contribution is 5.85. The first-order chi connectivity index (χ1) is 13.4. The normalized spacial score (nSPS) is 26.3. The number of fused-ring (bicyclic) bond motifs is 4. The van der Waals surface area contributed by atoms with Crippen molar-refractivity contribution < 1.29 is 24.9 Å². The van der Waals surface area contributed by atoms with Gasteiger partial charge in [0, 0.05) is 17.2 Å². The number of aliphatic hydroxyl groups is 2. The van der Waals surface area contributed by atoms with Gasteiger partial charge in [-0.05, 0) is 44.5 Å². The van der Waals surface area contributed by atoms with E-state index in [0.717, 1.165) is 19.3 Å². The summed E-state index contributed by atoms with van der Waals surface area (Å²) in [4.78, 5) is 13.5. The maximum Gasteiger partial charge on any atom is 0.161 e. The summed E-state index contributed by atoms with van der Waals surface area (Å²) in [6.07, 6.45) is 7.18. The number of carboxylic acid groups (broad SMARTS) is 1. The second kappa shape index (κ2) is 6.74. The van der Waals surface area contributed by atoms with Gasteiger partial charge in [-0.25, -0.2) is 0 Å². The minimum absolute atomic E-state index is 0.184. The lowest BCUT2D eigenvalue weighted by atomic mass is 9.83. The number of carbonyl (C=O) groups excluding carboxylic acids is 1. The SMILES string of the molecule is CN1[C@@H]2CC=C[C@@]1(O)CC2.O=C([O-])C1(O)c2ccccc2Oc2ccccc21. The molecule has 2 bridgehead atoms. The molecule has 28 heavy (non-hydrogen) atoms. The number of aliphatic carboxylic acids is 1. The highest BCUT2D eigenvalue weighted by Crippen LogP contribution is 2.46. The molecular formula is C22H22NO5-. The van der Waals surface area contributed by atoms with Crippen LogP contribution in [0.2, 0.25) is 0 Å². The van der Waals surface area contributed by atoms with E-state index in [0.29, 0.717) is 17.5 Å². The summed E-state index contributed by atoms with van der Waals surface area (Å²) in [7, 11) is 2.00. The van der Waals surface area contributed by atoms with Gasteiger partial charge in [0.15, 0.2) is 5.60 Å². The van der Waals surface area contributed by atoms with Crippen LogP contribution >= 0.6 is 0 Å². The Bertz CT molecular complexity index is 895. The first-order valence-electron chi connectivity index (χ1n) is 9.30. The highest BCUT2D eigenvalue weighted by Gasteiger charge is 2.42. The summed E-state index contributed by atoms with van der Waals surface area (Å²) in [5, 5.41) is 31.7. The number of benzene rings is 2. The van der Waals surface area contributed by atoms with Crippen LogP contribution in [0.4, 0.5) is 0 Å². The van der Waals surface area contributed by atoms with Crippen molar-refractivity contribution in [1.29, 1.82) is 0 Å². The lowest BCUT2D eigenvalue weighted by molar-refractivity contribution is -0.323. The summed E-state index contributed by atoms with van der Waals surface area (Å²) in [6, 6.07) is 13.6. The predicted molar refractivity (Wildman–Crippen MR) is 100 cm³/mol. The van der Waals surface area contributed by atoms with Gasteiger partial charge in [0.05, 0.1) is 5.97 Å². The number of carboxylic acids is 1. The number of nitrogens with zero attached hydrogens (tertiary/aromatic N) is 1. The number of rotatable bonds is 1. The molecule has 146 valence electrons.